The van der Waals surface area contributed by atoms with Crippen molar-refractivity contribution in [3.8, 4) is 11.3 Å². The van der Waals surface area contributed by atoms with E-state index in [1.165, 1.54) is 7.11 Å². The third-order valence-electron chi connectivity index (χ3n) is 2.58. The van der Waals surface area contributed by atoms with Crippen LogP contribution >= 0.6 is 0 Å². The number of hydrogen-bond acceptors (Lipinski definition) is 4. The summed E-state index contributed by atoms with van der Waals surface area (Å²) >= 11 is 0. The number of amides is 1. The second-order valence-electron chi connectivity index (χ2n) is 3.88. The van der Waals surface area contributed by atoms with Crippen molar-refractivity contribution in [2.24, 2.45) is 0 Å². The Kier molecular flexibility index (Phi) is 4.47. The van der Waals surface area contributed by atoms with Gasteiger partial charge in [-0.15, -0.1) is 0 Å². The summed E-state index contributed by atoms with van der Waals surface area (Å²) in [7, 11) is 1.32. The summed E-state index contributed by atoms with van der Waals surface area (Å²) in [6, 6.07) is 13.8. The van der Waals surface area contributed by atoms with E-state index in [9.17, 15) is 4.79 Å². The van der Waals surface area contributed by atoms with E-state index >= 15 is 0 Å². The number of pyridine rings is 1. The van der Waals surface area contributed by atoms with Crippen LogP contribution in [0.25, 0.3) is 11.3 Å². The molecular weight excluding hydrogens is 242 g/mol. The summed E-state index contributed by atoms with van der Waals surface area (Å²) in [4.78, 5) is 15.1. The number of ether oxygens (including phenoxy) is 1. The lowest BCUT2D eigenvalue weighted by Crippen LogP contribution is -2.36. The lowest BCUT2D eigenvalue weighted by molar-refractivity contribution is 0.165. The first-order valence-corrected chi connectivity index (χ1v) is 5.87. The molecule has 1 aromatic heterocycles. The van der Waals surface area contributed by atoms with Crippen LogP contribution in [0.2, 0.25) is 0 Å². The molecule has 0 saturated heterocycles. The second-order valence-corrected chi connectivity index (χ2v) is 3.88. The van der Waals surface area contributed by atoms with Crippen LogP contribution in [0.5, 0.6) is 0 Å². The fraction of sp³-hybridized carbons (Fsp3) is 0.143. The molecule has 2 rings (SSSR count). The molecule has 1 heterocycles. The highest BCUT2D eigenvalue weighted by atomic mass is 16.5. The molecule has 0 atom stereocenters. The molecule has 0 bridgehead atoms. The molecule has 0 aliphatic heterocycles. The molecule has 2 aromatic rings. The third kappa shape index (κ3) is 3.79. The first-order chi connectivity index (χ1) is 9.29. The predicted molar refractivity (Wildman–Crippen MR) is 72.1 cm³/mol. The number of hydrogen-bond donors (Lipinski definition) is 2. The van der Waals surface area contributed by atoms with Crippen LogP contribution in [-0.4, -0.2) is 18.2 Å². The molecule has 1 aromatic carbocycles. The zero-order chi connectivity index (χ0) is 13.5. The molecule has 98 valence electrons. The van der Waals surface area contributed by atoms with E-state index in [1.54, 1.807) is 6.20 Å². The molecule has 0 spiro atoms. The van der Waals surface area contributed by atoms with Gasteiger partial charge in [-0.3, -0.25) is 10.4 Å². The monoisotopic (exact) mass is 257 g/mol. The van der Waals surface area contributed by atoms with Crippen LogP contribution < -0.4 is 10.9 Å². The molecule has 0 aliphatic carbocycles. The fourth-order valence-electron chi connectivity index (χ4n) is 1.60. The minimum absolute atomic E-state index is 0.509. The standard InChI is InChI=1S/C14H15N3O2/c1-19-14(18)17-16-10-11-5-7-12(8-6-11)13-4-2-3-9-15-13/h2-9,16H,10H2,1H3,(H,17,18). The Balaban J connectivity index is 1.94. The van der Waals surface area contributed by atoms with E-state index in [2.05, 4.69) is 20.6 Å². The van der Waals surface area contributed by atoms with Gasteiger partial charge in [0.2, 0.25) is 0 Å². The number of nitrogens with one attached hydrogen (secondary N) is 2. The largest absolute Gasteiger partial charge is 0.452 e. The maximum atomic E-state index is 10.8. The van der Waals surface area contributed by atoms with E-state index in [1.807, 2.05) is 42.5 Å². The van der Waals surface area contributed by atoms with E-state index in [0.717, 1.165) is 16.8 Å². The van der Waals surface area contributed by atoms with Crippen molar-refractivity contribution in [1.82, 2.24) is 15.8 Å². The topological polar surface area (TPSA) is 63.2 Å². The number of methoxy groups -OCH3 is 1. The lowest BCUT2D eigenvalue weighted by atomic mass is 10.1. The lowest BCUT2D eigenvalue weighted by Gasteiger charge is -2.06. The van der Waals surface area contributed by atoms with Gasteiger partial charge in [0.1, 0.15) is 0 Å². The summed E-state index contributed by atoms with van der Waals surface area (Å²) in [6.07, 6.45) is 1.26. The van der Waals surface area contributed by atoms with Gasteiger partial charge < -0.3 is 4.74 Å². The van der Waals surface area contributed by atoms with Gasteiger partial charge in [0, 0.05) is 18.3 Å². The van der Waals surface area contributed by atoms with Gasteiger partial charge in [0.05, 0.1) is 12.8 Å². The van der Waals surface area contributed by atoms with Crippen LogP contribution in [0.15, 0.2) is 48.7 Å². The van der Waals surface area contributed by atoms with Crippen LogP contribution in [0.4, 0.5) is 4.79 Å². The number of nitrogens with zero attached hydrogens (tertiary/aromatic N) is 1. The van der Waals surface area contributed by atoms with Crippen molar-refractivity contribution in [3.05, 3.63) is 54.2 Å². The SMILES string of the molecule is COC(=O)NNCc1ccc(-c2ccccn2)cc1. The third-order valence-corrected chi connectivity index (χ3v) is 2.58. The molecule has 5 heteroatoms. The van der Waals surface area contributed by atoms with Crippen molar-refractivity contribution in [2.75, 3.05) is 7.11 Å². The van der Waals surface area contributed by atoms with Gasteiger partial charge in [0.15, 0.2) is 0 Å². The van der Waals surface area contributed by atoms with Gasteiger partial charge in [-0.1, -0.05) is 30.3 Å². The van der Waals surface area contributed by atoms with Crippen molar-refractivity contribution in [2.45, 2.75) is 6.54 Å². The Labute approximate surface area is 111 Å². The molecule has 0 fully saturated rings. The van der Waals surface area contributed by atoms with Crippen LogP contribution in [-0.2, 0) is 11.3 Å². The number of benzene rings is 1. The molecular formula is C14H15N3O2. The molecule has 0 radical (unpaired) electrons. The summed E-state index contributed by atoms with van der Waals surface area (Å²) in [5, 5.41) is 0. The molecule has 19 heavy (non-hydrogen) atoms. The zero-order valence-corrected chi connectivity index (χ0v) is 10.6. The number of aromatic nitrogens is 1. The van der Waals surface area contributed by atoms with Crippen molar-refractivity contribution in [1.29, 1.82) is 0 Å². The Bertz CT molecular complexity index is 526. The van der Waals surface area contributed by atoms with Gasteiger partial charge in [0.25, 0.3) is 0 Å². The van der Waals surface area contributed by atoms with E-state index in [-0.39, 0.29) is 0 Å². The van der Waals surface area contributed by atoms with Crippen molar-refractivity contribution < 1.29 is 9.53 Å². The molecule has 1 amide bonds. The average Bonchev–Trinajstić information content (AvgIpc) is 2.48. The number of carbonyl (C=O) groups is 1. The quantitative estimate of drug-likeness (QED) is 0.823. The molecule has 0 aliphatic rings. The highest BCUT2D eigenvalue weighted by Gasteiger charge is 2.00. The Morgan fingerprint density at radius 1 is 1.21 bits per heavy atom. The second kappa shape index (κ2) is 6.51. The van der Waals surface area contributed by atoms with Crippen LogP contribution in [0.3, 0.4) is 0 Å². The van der Waals surface area contributed by atoms with Gasteiger partial charge in [-0.05, 0) is 17.7 Å². The first kappa shape index (κ1) is 13.0. The Morgan fingerprint density at radius 3 is 2.63 bits per heavy atom. The van der Waals surface area contributed by atoms with E-state index in [4.69, 9.17) is 0 Å². The summed E-state index contributed by atoms with van der Waals surface area (Å²) < 4.78 is 4.44. The van der Waals surface area contributed by atoms with Gasteiger partial charge in [-0.25, -0.2) is 10.2 Å². The number of rotatable bonds is 4. The van der Waals surface area contributed by atoms with Gasteiger partial charge in [-0.2, -0.15) is 0 Å². The fourth-order valence-corrected chi connectivity index (χ4v) is 1.60. The normalized spacial score (nSPS) is 9.95. The highest BCUT2D eigenvalue weighted by molar-refractivity contribution is 5.66. The zero-order valence-electron chi connectivity index (χ0n) is 10.6. The number of carbonyl (C=O) groups excluding carboxylic acids is 1. The first-order valence-electron chi connectivity index (χ1n) is 5.87. The predicted octanol–water partition coefficient (Wildman–Crippen LogP) is 2.11. The minimum Gasteiger partial charge on any atom is -0.452 e. The van der Waals surface area contributed by atoms with Crippen LogP contribution in [0, 0.1) is 0 Å². The minimum atomic E-state index is -0.509. The van der Waals surface area contributed by atoms with E-state index < -0.39 is 6.09 Å². The highest BCUT2D eigenvalue weighted by Crippen LogP contribution is 2.16. The molecule has 5 nitrogen and oxygen atoms in total. The maximum Gasteiger partial charge on any atom is 0.421 e. The van der Waals surface area contributed by atoms with Crippen molar-refractivity contribution in [3.63, 3.8) is 0 Å². The average molecular weight is 257 g/mol. The molecule has 0 saturated carbocycles. The molecule has 2 N–H and O–H groups in total. The smallest absolute Gasteiger partial charge is 0.421 e. The summed E-state index contributed by atoms with van der Waals surface area (Å²) in [6.45, 7) is 0.525. The summed E-state index contributed by atoms with van der Waals surface area (Å²) in [5.74, 6) is 0. The Hall–Kier alpha value is -2.40. The maximum absolute atomic E-state index is 10.8. The number of hydrazine groups is 1. The van der Waals surface area contributed by atoms with E-state index in [0.29, 0.717) is 6.54 Å². The Morgan fingerprint density at radius 2 is 2.00 bits per heavy atom. The van der Waals surface area contributed by atoms with Gasteiger partial charge >= 0.3 is 6.09 Å². The van der Waals surface area contributed by atoms with Crippen molar-refractivity contribution >= 4 is 6.09 Å². The van der Waals surface area contributed by atoms with Crippen LogP contribution in [0.1, 0.15) is 5.56 Å². The molecule has 0 unspecified atom stereocenters. The summed E-state index contributed by atoms with van der Waals surface area (Å²) in [5.41, 5.74) is 8.23.